The Morgan fingerprint density at radius 2 is 2.11 bits per heavy atom. The van der Waals surface area contributed by atoms with Gasteiger partial charge in [0.15, 0.2) is 17.1 Å². The summed E-state index contributed by atoms with van der Waals surface area (Å²) in [6, 6.07) is 5.38. The topological polar surface area (TPSA) is 69.0 Å². The van der Waals surface area contributed by atoms with Crippen molar-refractivity contribution >= 4 is 40.9 Å². The van der Waals surface area contributed by atoms with Gasteiger partial charge in [-0.3, -0.25) is 4.79 Å². The summed E-state index contributed by atoms with van der Waals surface area (Å²) in [6.45, 7) is 1.86. The number of carbonyl (C=O) groups is 1. The summed E-state index contributed by atoms with van der Waals surface area (Å²) in [6.07, 6.45) is 4.16. The van der Waals surface area contributed by atoms with E-state index < -0.39 is 0 Å². The van der Waals surface area contributed by atoms with E-state index in [9.17, 15) is 4.79 Å². The van der Waals surface area contributed by atoms with E-state index in [1.807, 2.05) is 18.5 Å². The summed E-state index contributed by atoms with van der Waals surface area (Å²) >= 11 is 13.5. The Balaban J connectivity index is 1.58. The summed E-state index contributed by atoms with van der Waals surface area (Å²) in [7, 11) is 1.85. The number of nitrogens with one attached hydrogen (secondary N) is 1. The predicted octanol–water partition coefficient (Wildman–Crippen LogP) is 4.41. The molecule has 1 N–H and O–H groups in total. The standard InChI is InChI=1S/C18H22Cl2N4O2S/c1-11(26-15-9-12(19)7-8-14(15)20)17-22-23-18(24(17)2)27-10-16(25)21-13-5-3-4-6-13/h7-9,11,13H,3-6,10H2,1-2H3,(H,21,25). The number of halogens is 2. The molecule has 1 heterocycles. The average Bonchev–Trinajstić information content (AvgIpc) is 3.26. The van der Waals surface area contributed by atoms with Crippen LogP contribution in [0.3, 0.4) is 0 Å². The number of hydrogen-bond acceptors (Lipinski definition) is 5. The van der Waals surface area contributed by atoms with Crippen LogP contribution in [-0.4, -0.2) is 32.5 Å². The summed E-state index contributed by atoms with van der Waals surface area (Å²) in [5.41, 5.74) is 0. The second-order valence-corrected chi connectivity index (χ2v) is 8.36. The highest BCUT2D eigenvalue weighted by molar-refractivity contribution is 7.99. The molecule has 1 aromatic carbocycles. The molecule has 1 fully saturated rings. The Labute approximate surface area is 173 Å². The van der Waals surface area contributed by atoms with E-state index in [2.05, 4.69) is 15.5 Å². The van der Waals surface area contributed by atoms with E-state index in [0.29, 0.717) is 38.6 Å². The number of aromatic nitrogens is 3. The Kier molecular flexibility index (Phi) is 6.89. The van der Waals surface area contributed by atoms with E-state index in [0.717, 1.165) is 12.8 Å². The highest BCUT2D eigenvalue weighted by Crippen LogP contribution is 2.31. The minimum absolute atomic E-state index is 0.0338. The van der Waals surface area contributed by atoms with Gasteiger partial charge in [-0.2, -0.15) is 0 Å². The van der Waals surface area contributed by atoms with Crippen molar-refractivity contribution in [1.82, 2.24) is 20.1 Å². The number of hydrogen-bond donors (Lipinski definition) is 1. The van der Waals surface area contributed by atoms with Crippen molar-refractivity contribution in [3.63, 3.8) is 0 Å². The number of amides is 1. The van der Waals surface area contributed by atoms with E-state index in [4.69, 9.17) is 27.9 Å². The third-order valence-electron chi connectivity index (χ3n) is 4.48. The fraction of sp³-hybridized carbons (Fsp3) is 0.500. The SMILES string of the molecule is CC(Oc1cc(Cl)ccc1Cl)c1nnc(SCC(=O)NC2CCCC2)n1C. The van der Waals surface area contributed by atoms with Crippen LogP contribution in [0.5, 0.6) is 5.75 Å². The van der Waals surface area contributed by atoms with Crippen molar-refractivity contribution in [2.24, 2.45) is 7.05 Å². The minimum Gasteiger partial charge on any atom is -0.481 e. The van der Waals surface area contributed by atoms with Gasteiger partial charge in [-0.05, 0) is 31.9 Å². The second kappa shape index (κ2) is 9.17. The molecule has 1 amide bonds. The number of benzene rings is 1. The van der Waals surface area contributed by atoms with Gasteiger partial charge in [0.1, 0.15) is 5.75 Å². The first-order chi connectivity index (χ1) is 12.9. The molecule has 1 unspecified atom stereocenters. The number of carbonyl (C=O) groups excluding carboxylic acids is 1. The van der Waals surface area contributed by atoms with Crippen molar-refractivity contribution in [2.45, 2.75) is 49.9 Å². The van der Waals surface area contributed by atoms with Gasteiger partial charge in [0.05, 0.1) is 10.8 Å². The maximum absolute atomic E-state index is 12.1. The van der Waals surface area contributed by atoms with E-state index in [1.165, 1.54) is 24.6 Å². The number of rotatable bonds is 7. The lowest BCUT2D eigenvalue weighted by molar-refractivity contribution is -0.119. The first kappa shape index (κ1) is 20.3. The van der Waals surface area contributed by atoms with Crippen LogP contribution in [0.1, 0.15) is 44.5 Å². The number of nitrogens with zero attached hydrogens (tertiary/aromatic N) is 3. The third kappa shape index (κ3) is 5.30. The lowest BCUT2D eigenvalue weighted by atomic mass is 10.2. The van der Waals surface area contributed by atoms with Crippen LogP contribution in [0.2, 0.25) is 10.0 Å². The van der Waals surface area contributed by atoms with E-state index in [1.54, 1.807) is 18.2 Å². The van der Waals surface area contributed by atoms with Gasteiger partial charge < -0.3 is 14.6 Å². The summed E-state index contributed by atoms with van der Waals surface area (Å²) in [4.78, 5) is 12.1. The van der Waals surface area contributed by atoms with Crippen LogP contribution in [0.15, 0.2) is 23.4 Å². The minimum atomic E-state index is -0.375. The monoisotopic (exact) mass is 428 g/mol. The molecule has 6 nitrogen and oxygen atoms in total. The van der Waals surface area contributed by atoms with Gasteiger partial charge >= 0.3 is 0 Å². The van der Waals surface area contributed by atoms with Gasteiger partial charge in [-0.25, -0.2) is 0 Å². The molecule has 1 atom stereocenters. The summed E-state index contributed by atoms with van der Waals surface area (Å²) in [5.74, 6) is 1.48. The van der Waals surface area contributed by atoms with Crippen molar-refractivity contribution in [2.75, 3.05) is 5.75 Å². The highest BCUT2D eigenvalue weighted by atomic mass is 35.5. The molecule has 0 aliphatic heterocycles. The fourth-order valence-corrected chi connectivity index (χ4v) is 4.14. The third-order valence-corrected chi connectivity index (χ3v) is 6.05. The predicted molar refractivity (Wildman–Crippen MR) is 108 cm³/mol. The van der Waals surface area contributed by atoms with Gasteiger partial charge in [-0.15, -0.1) is 10.2 Å². The smallest absolute Gasteiger partial charge is 0.230 e. The summed E-state index contributed by atoms with van der Waals surface area (Å²) < 4.78 is 7.72. The second-order valence-electron chi connectivity index (χ2n) is 6.57. The maximum atomic E-state index is 12.1. The fourth-order valence-electron chi connectivity index (χ4n) is 3.09. The molecule has 0 spiro atoms. The molecular formula is C18H22Cl2N4O2S. The van der Waals surface area contributed by atoms with Crippen LogP contribution >= 0.6 is 35.0 Å². The Hall–Kier alpha value is -1.44. The van der Waals surface area contributed by atoms with E-state index >= 15 is 0 Å². The molecule has 27 heavy (non-hydrogen) atoms. The average molecular weight is 429 g/mol. The summed E-state index contributed by atoms with van der Waals surface area (Å²) in [5, 5.41) is 13.1. The Morgan fingerprint density at radius 1 is 1.37 bits per heavy atom. The highest BCUT2D eigenvalue weighted by Gasteiger charge is 2.20. The van der Waals surface area contributed by atoms with Crippen molar-refractivity contribution in [3.05, 3.63) is 34.1 Å². The number of thioether (sulfide) groups is 1. The molecule has 1 aliphatic carbocycles. The molecule has 0 saturated heterocycles. The first-order valence-electron chi connectivity index (χ1n) is 8.87. The molecule has 1 saturated carbocycles. The molecule has 1 aliphatic rings. The molecule has 1 aromatic heterocycles. The normalized spacial score (nSPS) is 15.7. The van der Waals surface area contributed by atoms with E-state index in [-0.39, 0.29) is 12.0 Å². The van der Waals surface area contributed by atoms with Gasteiger partial charge in [0.25, 0.3) is 0 Å². The van der Waals surface area contributed by atoms with Crippen molar-refractivity contribution in [3.8, 4) is 5.75 Å². The van der Waals surface area contributed by atoms with Crippen molar-refractivity contribution < 1.29 is 9.53 Å². The van der Waals surface area contributed by atoms with Gasteiger partial charge in [0, 0.05) is 24.2 Å². The number of ether oxygens (including phenoxy) is 1. The Bertz CT molecular complexity index is 809. The molecule has 146 valence electrons. The van der Waals surface area contributed by atoms with Gasteiger partial charge in [0.2, 0.25) is 5.91 Å². The van der Waals surface area contributed by atoms with Crippen LogP contribution in [0.4, 0.5) is 0 Å². The molecular weight excluding hydrogens is 407 g/mol. The zero-order valence-electron chi connectivity index (χ0n) is 15.2. The lowest BCUT2D eigenvalue weighted by Gasteiger charge is -2.15. The molecule has 0 bridgehead atoms. The van der Waals surface area contributed by atoms with Crippen LogP contribution in [-0.2, 0) is 11.8 Å². The van der Waals surface area contributed by atoms with Gasteiger partial charge in [-0.1, -0.05) is 47.8 Å². The van der Waals surface area contributed by atoms with Crippen molar-refractivity contribution in [1.29, 1.82) is 0 Å². The lowest BCUT2D eigenvalue weighted by Crippen LogP contribution is -2.33. The zero-order valence-corrected chi connectivity index (χ0v) is 17.6. The van der Waals surface area contributed by atoms with Crippen LogP contribution < -0.4 is 10.1 Å². The van der Waals surface area contributed by atoms with Crippen LogP contribution in [0, 0.1) is 0 Å². The molecule has 0 radical (unpaired) electrons. The first-order valence-corrected chi connectivity index (χ1v) is 10.6. The zero-order chi connectivity index (χ0) is 19.4. The maximum Gasteiger partial charge on any atom is 0.230 e. The van der Waals surface area contributed by atoms with Crippen LogP contribution in [0.25, 0.3) is 0 Å². The quantitative estimate of drug-likeness (QED) is 0.661. The molecule has 3 rings (SSSR count). The Morgan fingerprint density at radius 3 is 2.85 bits per heavy atom. The molecule has 2 aromatic rings. The largest absolute Gasteiger partial charge is 0.481 e. The molecule has 9 heteroatoms.